The Hall–Kier alpha value is -4.25. The van der Waals surface area contributed by atoms with Crippen molar-refractivity contribution in [2.75, 3.05) is 19.5 Å². The summed E-state index contributed by atoms with van der Waals surface area (Å²) in [5, 5.41) is 5.44. The second kappa shape index (κ2) is 8.71. The van der Waals surface area contributed by atoms with Crippen molar-refractivity contribution in [2.45, 2.75) is 6.42 Å². The summed E-state index contributed by atoms with van der Waals surface area (Å²) in [5.74, 6) is 1.14. The van der Waals surface area contributed by atoms with Crippen LogP contribution in [-0.4, -0.2) is 25.1 Å². The average Bonchev–Trinajstić information content (AvgIpc) is 3.23. The van der Waals surface area contributed by atoms with Crippen LogP contribution in [0.3, 0.4) is 0 Å². The summed E-state index contributed by atoms with van der Waals surface area (Å²) in [5.41, 5.74) is 5.78. The Kier molecular flexibility index (Phi) is 5.45. The molecule has 0 saturated carbocycles. The summed E-state index contributed by atoms with van der Waals surface area (Å²) in [6.07, 6.45) is 0.227. The highest BCUT2D eigenvalue weighted by atomic mass is 16.5. The van der Waals surface area contributed by atoms with Gasteiger partial charge in [0.05, 0.1) is 26.2 Å². The minimum Gasteiger partial charge on any atom is -0.493 e. The van der Waals surface area contributed by atoms with E-state index in [0.717, 1.165) is 38.8 Å². The summed E-state index contributed by atoms with van der Waals surface area (Å²) in [6.45, 7) is 0. The van der Waals surface area contributed by atoms with Crippen molar-refractivity contribution in [1.29, 1.82) is 0 Å². The van der Waals surface area contributed by atoms with Gasteiger partial charge in [-0.15, -0.1) is 0 Å². The molecule has 5 aromatic rings. The largest absolute Gasteiger partial charge is 0.493 e. The van der Waals surface area contributed by atoms with Crippen LogP contribution in [0.1, 0.15) is 5.56 Å². The Bertz CT molecular complexity index is 1470. The number of fused-ring (bicyclic) bond motifs is 3. The Morgan fingerprint density at radius 1 is 0.788 bits per heavy atom. The van der Waals surface area contributed by atoms with Crippen LogP contribution in [0.15, 0.2) is 84.9 Å². The molecule has 0 fully saturated rings. The number of hydrogen-bond donors (Lipinski definition) is 2. The summed E-state index contributed by atoms with van der Waals surface area (Å²) < 4.78 is 10.6. The third-order valence-corrected chi connectivity index (χ3v) is 5.85. The van der Waals surface area contributed by atoms with Crippen LogP contribution in [0.25, 0.3) is 32.9 Å². The van der Waals surface area contributed by atoms with Crippen LogP contribution in [0.5, 0.6) is 11.5 Å². The molecule has 5 heteroatoms. The third-order valence-electron chi connectivity index (χ3n) is 5.85. The molecule has 5 rings (SSSR count). The van der Waals surface area contributed by atoms with E-state index in [0.29, 0.717) is 11.5 Å². The van der Waals surface area contributed by atoms with Crippen molar-refractivity contribution < 1.29 is 14.3 Å². The highest BCUT2D eigenvalue weighted by Gasteiger charge is 2.14. The first-order chi connectivity index (χ1) is 16.2. The van der Waals surface area contributed by atoms with E-state index in [-0.39, 0.29) is 12.3 Å². The number of methoxy groups -OCH3 is 2. The van der Waals surface area contributed by atoms with Gasteiger partial charge in [0.15, 0.2) is 11.5 Å². The van der Waals surface area contributed by atoms with E-state index < -0.39 is 0 Å². The lowest BCUT2D eigenvalue weighted by Crippen LogP contribution is -2.15. The van der Waals surface area contributed by atoms with Crippen molar-refractivity contribution >= 4 is 33.4 Å². The van der Waals surface area contributed by atoms with Gasteiger partial charge in [0.25, 0.3) is 0 Å². The van der Waals surface area contributed by atoms with Crippen LogP contribution in [0.4, 0.5) is 5.69 Å². The summed E-state index contributed by atoms with van der Waals surface area (Å²) >= 11 is 0. The quantitative estimate of drug-likeness (QED) is 0.334. The molecule has 1 heterocycles. The first-order valence-electron chi connectivity index (χ1n) is 10.8. The second-order valence-electron chi connectivity index (χ2n) is 7.86. The number of rotatable bonds is 6. The number of carbonyl (C=O) groups excluding carboxylic acids is 1. The zero-order chi connectivity index (χ0) is 22.8. The number of nitrogens with one attached hydrogen (secondary N) is 2. The highest BCUT2D eigenvalue weighted by molar-refractivity contribution is 6.13. The SMILES string of the molecule is COc1ccc(CC(=O)Nc2ccccc2-c2cccc3c2[nH]c2ccccc23)cc1OC. The molecule has 1 amide bonds. The summed E-state index contributed by atoms with van der Waals surface area (Å²) in [6, 6.07) is 27.9. The Morgan fingerprint density at radius 3 is 2.36 bits per heavy atom. The Morgan fingerprint density at radius 2 is 1.52 bits per heavy atom. The first-order valence-corrected chi connectivity index (χ1v) is 10.8. The molecule has 5 nitrogen and oxygen atoms in total. The van der Waals surface area contributed by atoms with Crippen LogP contribution >= 0.6 is 0 Å². The second-order valence-corrected chi connectivity index (χ2v) is 7.86. The summed E-state index contributed by atoms with van der Waals surface area (Å²) in [4.78, 5) is 16.5. The fourth-order valence-corrected chi connectivity index (χ4v) is 4.29. The summed E-state index contributed by atoms with van der Waals surface area (Å²) in [7, 11) is 3.18. The number of H-pyrrole nitrogens is 1. The number of benzene rings is 4. The lowest BCUT2D eigenvalue weighted by atomic mass is 10.00. The molecule has 4 aromatic carbocycles. The maximum atomic E-state index is 12.9. The predicted octanol–water partition coefficient (Wildman–Crippen LogP) is 6.19. The number of anilines is 1. The minimum atomic E-state index is -0.0986. The van der Waals surface area contributed by atoms with Gasteiger partial charge < -0.3 is 19.8 Å². The van der Waals surface area contributed by atoms with Crippen LogP contribution in [0, 0.1) is 0 Å². The molecular weight excluding hydrogens is 412 g/mol. The van der Waals surface area contributed by atoms with E-state index in [1.165, 1.54) is 5.39 Å². The maximum Gasteiger partial charge on any atom is 0.228 e. The van der Waals surface area contributed by atoms with Gasteiger partial charge >= 0.3 is 0 Å². The highest BCUT2D eigenvalue weighted by Crippen LogP contribution is 2.36. The van der Waals surface area contributed by atoms with Gasteiger partial charge in [-0.05, 0) is 29.8 Å². The smallest absolute Gasteiger partial charge is 0.228 e. The van der Waals surface area contributed by atoms with Crippen LogP contribution in [0.2, 0.25) is 0 Å². The molecule has 0 aliphatic heterocycles. The molecule has 0 atom stereocenters. The molecule has 33 heavy (non-hydrogen) atoms. The van der Waals surface area contributed by atoms with Crippen molar-refractivity contribution in [3.63, 3.8) is 0 Å². The van der Waals surface area contributed by atoms with Gasteiger partial charge in [0, 0.05) is 33.1 Å². The predicted molar refractivity (Wildman–Crippen MR) is 133 cm³/mol. The van der Waals surface area contributed by atoms with E-state index >= 15 is 0 Å². The number of carbonyl (C=O) groups is 1. The molecule has 0 radical (unpaired) electrons. The van der Waals surface area contributed by atoms with Gasteiger partial charge in [0.1, 0.15) is 0 Å². The van der Waals surface area contributed by atoms with Gasteiger partial charge in [-0.1, -0.05) is 60.7 Å². The number of aromatic nitrogens is 1. The van der Waals surface area contributed by atoms with Gasteiger partial charge in [-0.3, -0.25) is 4.79 Å². The van der Waals surface area contributed by atoms with Crippen molar-refractivity contribution in [2.24, 2.45) is 0 Å². The first kappa shape index (κ1) is 20.6. The van der Waals surface area contributed by atoms with Crippen molar-refractivity contribution in [3.05, 3.63) is 90.5 Å². The van der Waals surface area contributed by atoms with E-state index in [9.17, 15) is 4.79 Å². The third kappa shape index (κ3) is 3.89. The van der Waals surface area contributed by atoms with E-state index in [1.807, 2.05) is 54.6 Å². The van der Waals surface area contributed by atoms with Crippen molar-refractivity contribution in [3.8, 4) is 22.6 Å². The fourth-order valence-electron chi connectivity index (χ4n) is 4.29. The lowest BCUT2D eigenvalue weighted by molar-refractivity contribution is -0.115. The normalized spacial score (nSPS) is 11.0. The van der Waals surface area contributed by atoms with Crippen molar-refractivity contribution in [1.82, 2.24) is 4.98 Å². The topological polar surface area (TPSA) is 63.3 Å². The standard InChI is InChI=1S/C28H24N2O3/c1-32-25-15-14-18(16-26(25)33-2)17-27(31)29-23-12-5-3-8-19(23)21-10-7-11-22-20-9-4-6-13-24(20)30-28(21)22/h3-16,30H,17H2,1-2H3,(H,29,31). The van der Waals surface area contributed by atoms with E-state index in [1.54, 1.807) is 14.2 Å². The number of amides is 1. The molecule has 0 aliphatic rings. The Labute approximate surface area is 192 Å². The monoisotopic (exact) mass is 436 g/mol. The molecule has 0 spiro atoms. The molecular formula is C28H24N2O3. The van der Waals surface area contributed by atoms with Gasteiger partial charge in [-0.25, -0.2) is 0 Å². The van der Waals surface area contributed by atoms with Crippen LogP contribution in [-0.2, 0) is 11.2 Å². The molecule has 0 unspecified atom stereocenters. The van der Waals surface area contributed by atoms with Gasteiger partial charge in [-0.2, -0.15) is 0 Å². The van der Waals surface area contributed by atoms with E-state index in [2.05, 4.69) is 40.6 Å². The molecule has 0 aliphatic carbocycles. The zero-order valence-corrected chi connectivity index (χ0v) is 18.5. The lowest BCUT2D eigenvalue weighted by Gasteiger charge is -2.13. The molecule has 0 bridgehead atoms. The molecule has 164 valence electrons. The van der Waals surface area contributed by atoms with Gasteiger partial charge in [0.2, 0.25) is 5.91 Å². The number of para-hydroxylation sites is 3. The zero-order valence-electron chi connectivity index (χ0n) is 18.5. The molecule has 0 saturated heterocycles. The fraction of sp³-hybridized carbons (Fsp3) is 0.107. The number of aromatic amines is 1. The minimum absolute atomic E-state index is 0.0986. The molecule has 2 N–H and O–H groups in total. The van der Waals surface area contributed by atoms with E-state index in [4.69, 9.17) is 9.47 Å². The Balaban J connectivity index is 1.47. The van der Waals surface area contributed by atoms with Crippen LogP contribution < -0.4 is 14.8 Å². The maximum absolute atomic E-state index is 12.9. The number of ether oxygens (including phenoxy) is 2. The molecule has 1 aromatic heterocycles. The average molecular weight is 437 g/mol. The number of hydrogen-bond acceptors (Lipinski definition) is 3.